The van der Waals surface area contributed by atoms with Gasteiger partial charge in [0.05, 0.1) is 19.2 Å². The molecule has 0 atom stereocenters. The van der Waals surface area contributed by atoms with Crippen LogP contribution in [0.2, 0.25) is 5.02 Å². The molecule has 0 saturated heterocycles. The summed E-state index contributed by atoms with van der Waals surface area (Å²) in [5, 5.41) is 0.217. The van der Waals surface area contributed by atoms with Crippen LogP contribution in [0.5, 0.6) is 17.2 Å². The Balaban J connectivity index is 2.40. The van der Waals surface area contributed by atoms with Gasteiger partial charge in [0.1, 0.15) is 4.90 Å². The maximum Gasteiger partial charge on any atom is 0.339 e. The van der Waals surface area contributed by atoms with Crippen molar-refractivity contribution in [3.05, 3.63) is 47.0 Å². The fourth-order valence-electron chi connectivity index (χ4n) is 1.81. The van der Waals surface area contributed by atoms with Gasteiger partial charge in [-0.05, 0) is 36.8 Å². The minimum Gasteiger partial charge on any atom is -0.493 e. The van der Waals surface area contributed by atoms with Crippen molar-refractivity contribution < 1.29 is 22.1 Å². The number of hydrogen-bond donors (Lipinski definition) is 0. The topological polar surface area (TPSA) is 61.8 Å². The van der Waals surface area contributed by atoms with Crippen LogP contribution in [0.25, 0.3) is 0 Å². The van der Waals surface area contributed by atoms with E-state index < -0.39 is 10.1 Å². The van der Waals surface area contributed by atoms with Gasteiger partial charge in [0.2, 0.25) is 0 Å². The van der Waals surface area contributed by atoms with Crippen LogP contribution in [0.15, 0.2) is 41.3 Å². The molecule has 0 radical (unpaired) electrons. The van der Waals surface area contributed by atoms with Gasteiger partial charge in [-0.15, -0.1) is 0 Å². The first kappa shape index (κ1) is 16.5. The van der Waals surface area contributed by atoms with E-state index in [4.69, 9.17) is 25.3 Å². The van der Waals surface area contributed by atoms with Gasteiger partial charge in [-0.3, -0.25) is 0 Å². The van der Waals surface area contributed by atoms with Gasteiger partial charge in [-0.25, -0.2) is 0 Å². The highest BCUT2D eigenvalue weighted by Crippen LogP contribution is 2.32. The Hall–Kier alpha value is -1.92. The Morgan fingerprint density at radius 1 is 0.909 bits per heavy atom. The molecule has 0 aliphatic carbocycles. The van der Waals surface area contributed by atoms with Gasteiger partial charge >= 0.3 is 10.1 Å². The minimum atomic E-state index is -4.03. The van der Waals surface area contributed by atoms with Crippen molar-refractivity contribution in [1.29, 1.82) is 0 Å². The summed E-state index contributed by atoms with van der Waals surface area (Å²) in [5.41, 5.74) is 0.835. The summed E-state index contributed by atoms with van der Waals surface area (Å²) in [6, 6.07) is 9.10. The van der Waals surface area contributed by atoms with Gasteiger partial charge in [0.15, 0.2) is 17.2 Å². The van der Waals surface area contributed by atoms with Crippen LogP contribution in [0, 0.1) is 6.92 Å². The maximum atomic E-state index is 12.4. The standard InChI is InChI=1S/C15H15ClO5S/c1-10-4-6-12(16)14(8-10)21-22(17,18)11-5-7-13(19-2)15(9-11)20-3/h4-9H,1-3H3. The van der Waals surface area contributed by atoms with Crippen molar-refractivity contribution in [2.24, 2.45) is 0 Å². The molecular weight excluding hydrogens is 328 g/mol. The average molecular weight is 343 g/mol. The van der Waals surface area contributed by atoms with E-state index in [0.717, 1.165) is 5.56 Å². The molecule has 0 aliphatic heterocycles. The molecule has 0 unspecified atom stereocenters. The minimum absolute atomic E-state index is 0.0530. The molecule has 2 rings (SSSR count). The zero-order chi connectivity index (χ0) is 16.3. The predicted molar refractivity (Wildman–Crippen MR) is 83.5 cm³/mol. The third kappa shape index (κ3) is 3.45. The molecule has 0 spiro atoms. The lowest BCUT2D eigenvalue weighted by Crippen LogP contribution is -2.10. The number of methoxy groups -OCH3 is 2. The normalized spacial score (nSPS) is 11.1. The smallest absolute Gasteiger partial charge is 0.339 e. The Labute approximate surface area is 134 Å². The van der Waals surface area contributed by atoms with Crippen molar-refractivity contribution in [2.75, 3.05) is 14.2 Å². The van der Waals surface area contributed by atoms with E-state index in [1.54, 1.807) is 18.2 Å². The first-order chi connectivity index (χ1) is 10.4. The van der Waals surface area contributed by atoms with Crippen LogP contribution in [0.3, 0.4) is 0 Å². The van der Waals surface area contributed by atoms with Crippen LogP contribution in [-0.2, 0) is 10.1 Å². The lowest BCUT2D eigenvalue weighted by atomic mass is 10.2. The maximum absolute atomic E-state index is 12.4. The first-order valence-corrected chi connectivity index (χ1v) is 8.08. The lowest BCUT2D eigenvalue weighted by molar-refractivity contribution is 0.353. The predicted octanol–water partition coefficient (Wildman–Crippen LogP) is 3.43. The summed E-state index contributed by atoms with van der Waals surface area (Å²) in [5.74, 6) is 0.800. The van der Waals surface area contributed by atoms with Crippen LogP contribution in [-0.4, -0.2) is 22.6 Å². The number of hydrogen-bond acceptors (Lipinski definition) is 5. The largest absolute Gasteiger partial charge is 0.493 e. The Morgan fingerprint density at radius 2 is 1.59 bits per heavy atom. The monoisotopic (exact) mass is 342 g/mol. The molecule has 7 heteroatoms. The van der Waals surface area contributed by atoms with Crippen molar-refractivity contribution in [2.45, 2.75) is 11.8 Å². The number of halogens is 1. The van der Waals surface area contributed by atoms with Crippen molar-refractivity contribution in [1.82, 2.24) is 0 Å². The summed E-state index contributed by atoms with van der Waals surface area (Å²) < 4.78 is 40.0. The second kappa shape index (κ2) is 6.46. The molecule has 0 N–H and O–H groups in total. The highest BCUT2D eigenvalue weighted by molar-refractivity contribution is 7.87. The van der Waals surface area contributed by atoms with Gasteiger partial charge in [0.25, 0.3) is 0 Å². The van der Waals surface area contributed by atoms with Crippen LogP contribution < -0.4 is 13.7 Å². The zero-order valence-electron chi connectivity index (χ0n) is 12.3. The molecule has 118 valence electrons. The summed E-state index contributed by atoms with van der Waals surface area (Å²) in [4.78, 5) is -0.0530. The van der Waals surface area contributed by atoms with Gasteiger partial charge < -0.3 is 13.7 Å². The van der Waals surface area contributed by atoms with E-state index in [0.29, 0.717) is 11.5 Å². The lowest BCUT2D eigenvalue weighted by Gasteiger charge is -2.12. The molecule has 2 aromatic rings. The van der Waals surface area contributed by atoms with E-state index in [1.807, 2.05) is 6.92 Å². The molecular formula is C15H15ClO5S. The highest BCUT2D eigenvalue weighted by Gasteiger charge is 2.20. The van der Waals surface area contributed by atoms with Crippen molar-refractivity contribution >= 4 is 21.7 Å². The molecule has 22 heavy (non-hydrogen) atoms. The van der Waals surface area contributed by atoms with Gasteiger partial charge in [-0.1, -0.05) is 17.7 Å². The van der Waals surface area contributed by atoms with E-state index >= 15 is 0 Å². The summed E-state index contributed by atoms with van der Waals surface area (Å²) >= 11 is 5.96. The average Bonchev–Trinajstić information content (AvgIpc) is 2.49. The molecule has 0 bridgehead atoms. The third-order valence-corrected chi connectivity index (χ3v) is 4.47. The number of aryl methyl sites for hydroxylation is 1. The van der Waals surface area contributed by atoms with E-state index in [2.05, 4.69) is 0 Å². The fraction of sp³-hybridized carbons (Fsp3) is 0.200. The quantitative estimate of drug-likeness (QED) is 0.779. The summed E-state index contributed by atoms with van der Waals surface area (Å²) in [7, 11) is -1.14. The Morgan fingerprint density at radius 3 is 2.23 bits per heavy atom. The van der Waals surface area contributed by atoms with Crippen LogP contribution in [0.4, 0.5) is 0 Å². The molecule has 0 fully saturated rings. The summed E-state index contributed by atoms with van der Waals surface area (Å²) in [6.45, 7) is 1.81. The molecule has 0 aliphatic rings. The molecule has 0 aromatic heterocycles. The van der Waals surface area contributed by atoms with E-state index in [1.165, 1.54) is 32.4 Å². The molecule has 0 saturated carbocycles. The Kier molecular flexibility index (Phi) is 4.83. The van der Waals surface area contributed by atoms with Crippen molar-refractivity contribution in [3.63, 3.8) is 0 Å². The second-order valence-electron chi connectivity index (χ2n) is 4.49. The van der Waals surface area contributed by atoms with Crippen LogP contribution >= 0.6 is 11.6 Å². The first-order valence-electron chi connectivity index (χ1n) is 6.30. The van der Waals surface area contributed by atoms with E-state index in [9.17, 15) is 8.42 Å². The van der Waals surface area contributed by atoms with Gasteiger partial charge in [0, 0.05) is 6.07 Å². The number of benzene rings is 2. The van der Waals surface area contributed by atoms with Gasteiger partial charge in [-0.2, -0.15) is 8.42 Å². The SMILES string of the molecule is COc1ccc(S(=O)(=O)Oc2cc(C)ccc2Cl)cc1OC. The molecule has 5 nitrogen and oxygen atoms in total. The third-order valence-electron chi connectivity index (χ3n) is 2.93. The molecule has 0 heterocycles. The zero-order valence-corrected chi connectivity index (χ0v) is 13.9. The fourth-order valence-corrected chi connectivity index (χ4v) is 2.97. The van der Waals surface area contributed by atoms with Crippen molar-refractivity contribution in [3.8, 4) is 17.2 Å². The number of rotatable bonds is 5. The number of ether oxygens (including phenoxy) is 2. The Bertz CT molecular complexity index is 787. The van der Waals surface area contributed by atoms with Crippen LogP contribution in [0.1, 0.15) is 5.56 Å². The summed E-state index contributed by atoms with van der Waals surface area (Å²) in [6.07, 6.45) is 0. The highest BCUT2D eigenvalue weighted by atomic mass is 35.5. The molecule has 2 aromatic carbocycles. The van der Waals surface area contributed by atoms with E-state index in [-0.39, 0.29) is 15.7 Å². The second-order valence-corrected chi connectivity index (χ2v) is 6.44. The molecule has 0 amide bonds.